The van der Waals surface area contributed by atoms with Crippen LogP contribution in [0.5, 0.6) is 0 Å². The summed E-state index contributed by atoms with van der Waals surface area (Å²) < 4.78 is 1.41. The number of aliphatic carboxylic acids is 1. The Morgan fingerprint density at radius 2 is 2.06 bits per heavy atom. The van der Waals surface area contributed by atoms with Gasteiger partial charge in [0.2, 0.25) is 0 Å². The first-order valence-corrected chi connectivity index (χ1v) is 5.45. The van der Waals surface area contributed by atoms with E-state index in [1.165, 1.54) is 4.68 Å². The van der Waals surface area contributed by atoms with E-state index in [9.17, 15) is 9.90 Å². The minimum Gasteiger partial charge on any atom is -0.548 e. The molecule has 0 aliphatic carbocycles. The summed E-state index contributed by atoms with van der Waals surface area (Å²) in [7, 11) is 0. The van der Waals surface area contributed by atoms with Crippen molar-refractivity contribution >= 4 is 5.97 Å². The third-order valence-corrected chi connectivity index (χ3v) is 2.63. The molecule has 1 aromatic carbocycles. The number of carboxylic acid groups (broad SMARTS) is 1. The highest BCUT2D eigenvalue weighted by molar-refractivity contribution is 5.68. The maximum absolute atomic E-state index is 10.7. The van der Waals surface area contributed by atoms with E-state index in [-0.39, 0.29) is 0 Å². The molecule has 88 valence electrons. The number of carbonyl (C=O) groups excluding carboxylic acids is 1. The Kier molecular flexibility index (Phi) is 3.23. The first-order chi connectivity index (χ1) is 8.16. The van der Waals surface area contributed by atoms with Crippen LogP contribution in [0.1, 0.15) is 24.2 Å². The zero-order chi connectivity index (χ0) is 12.3. The van der Waals surface area contributed by atoms with Crippen LogP contribution in [0, 0.1) is 0 Å². The minimum atomic E-state index is -1.13. The molecule has 0 fully saturated rings. The van der Waals surface area contributed by atoms with E-state index >= 15 is 0 Å². The molecular weight excluding hydrogens is 216 g/mol. The van der Waals surface area contributed by atoms with E-state index in [1.54, 1.807) is 13.1 Å². The quantitative estimate of drug-likeness (QED) is 0.778. The molecule has 0 bridgehead atoms. The normalized spacial score (nSPS) is 12.3. The van der Waals surface area contributed by atoms with Crippen molar-refractivity contribution < 1.29 is 9.90 Å². The van der Waals surface area contributed by atoms with Gasteiger partial charge in [0, 0.05) is 12.6 Å². The molecule has 0 radical (unpaired) electrons. The molecule has 2 aromatic rings. The molecule has 1 atom stereocenters. The molecule has 0 aliphatic rings. The van der Waals surface area contributed by atoms with Crippen LogP contribution < -0.4 is 5.11 Å². The summed E-state index contributed by atoms with van der Waals surface area (Å²) in [5.41, 5.74) is 2.00. The average molecular weight is 229 g/mol. The molecule has 1 unspecified atom stereocenters. The third kappa shape index (κ3) is 2.72. The van der Waals surface area contributed by atoms with E-state index in [0.29, 0.717) is 6.42 Å². The lowest BCUT2D eigenvalue weighted by molar-refractivity contribution is -0.310. The maximum Gasteiger partial charge on any atom is 0.0884 e. The highest BCUT2D eigenvalue weighted by Crippen LogP contribution is 2.09. The van der Waals surface area contributed by atoms with Gasteiger partial charge in [-0.1, -0.05) is 30.3 Å². The smallest absolute Gasteiger partial charge is 0.0884 e. The van der Waals surface area contributed by atoms with Gasteiger partial charge in [-0.25, -0.2) is 0 Å². The molecule has 4 heteroatoms. The zero-order valence-electron chi connectivity index (χ0n) is 9.54. The second-order valence-corrected chi connectivity index (χ2v) is 3.94. The van der Waals surface area contributed by atoms with Crippen LogP contribution in [0.3, 0.4) is 0 Å². The van der Waals surface area contributed by atoms with Crippen molar-refractivity contribution in [3.05, 3.63) is 53.9 Å². The lowest BCUT2D eigenvalue weighted by Gasteiger charge is -2.12. The summed E-state index contributed by atoms with van der Waals surface area (Å²) in [6.07, 6.45) is 2.37. The number of benzene rings is 1. The molecule has 1 heterocycles. The monoisotopic (exact) mass is 229 g/mol. The van der Waals surface area contributed by atoms with Crippen molar-refractivity contribution in [2.45, 2.75) is 19.4 Å². The first-order valence-electron chi connectivity index (χ1n) is 5.45. The lowest BCUT2D eigenvalue weighted by atomic mass is 10.1. The number of rotatable bonds is 4. The molecule has 0 amide bonds. The predicted octanol–water partition coefficient (Wildman–Crippen LogP) is 0.785. The fourth-order valence-electron chi connectivity index (χ4n) is 1.60. The number of carbonyl (C=O) groups is 1. The number of carboxylic acids is 1. The largest absolute Gasteiger partial charge is 0.548 e. The molecular formula is C13H13N2O2-. The summed E-state index contributed by atoms with van der Waals surface area (Å²) in [5, 5.41) is 14.9. The number of hydrogen-bond acceptors (Lipinski definition) is 3. The fraction of sp³-hybridized carbons (Fsp3) is 0.231. The van der Waals surface area contributed by atoms with Gasteiger partial charge >= 0.3 is 0 Å². The van der Waals surface area contributed by atoms with E-state index in [0.717, 1.165) is 11.3 Å². The van der Waals surface area contributed by atoms with Crippen molar-refractivity contribution in [1.82, 2.24) is 9.78 Å². The third-order valence-electron chi connectivity index (χ3n) is 2.63. The predicted molar refractivity (Wildman–Crippen MR) is 61.2 cm³/mol. The Hall–Kier alpha value is -2.10. The van der Waals surface area contributed by atoms with Crippen molar-refractivity contribution in [3.8, 4) is 0 Å². The number of nitrogens with zero attached hydrogens (tertiary/aromatic N) is 2. The lowest BCUT2D eigenvalue weighted by Crippen LogP contribution is -2.31. The van der Waals surface area contributed by atoms with Crippen LogP contribution >= 0.6 is 0 Å². The van der Waals surface area contributed by atoms with E-state index in [1.807, 2.05) is 36.4 Å². The zero-order valence-corrected chi connectivity index (χ0v) is 9.54. The van der Waals surface area contributed by atoms with Gasteiger partial charge in [0.1, 0.15) is 0 Å². The molecule has 0 spiro atoms. The van der Waals surface area contributed by atoms with E-state index < -0.39 is 12.0 Å². The van der Waals surface area contributed by atoms with Crippen molar-refractivity contribution in [1.29, 1.82) is 0 Å². The highest BCUT2D eigenvalue weighted by atomic mass is 16.4. The van der Waals surface area contributed by atoms with Gasteiger partial charge in [0.05, 0.1) is 17.7 Å². The van der Waals surface area contributed by atoms with E-state index in [4.69, 9.17) is 0 Å². The Bertz CT molecular complexity index is 505. The summed E-state index contributed by atoms with van der Waals surface area (Å²) in [4.78, 5) is 10.7. The van der Waals surface area contributed by atoms with Gasteiger partial charge in [-0.15, -0.1) is 0 Å². The first kappa shape index (κ1) is 11.4. The van der Waals surface area contributed by atoms with Gasteiger partial charge in [0.15, 0.2) is 0 Å². The molecule has 1 aromatic heterocycles. The Labute approximate surface area is 99.5 Å². The summed E-state index contributed by atoms with van der Waals surface area (Å²) in [6.45, 7) is 1.55. The Morgan fingerprint density at radius 3 is 2.71 bits per heavy atom. The molecule has 0 saturated heterocycles. The van der Waals surface area contributed by atoms with Crippen molar-refractivity contribution in [2.24, 2.45) is 0 Å². The maximum atomic E-state index is 10.7. The topological polar surface area (TPSA) is 57.9 Å². The SMILES string of the molecule is CC(C(=O)[O-])n1ccc(Cc2ccccc2)n1. The molecule has 0 N–H and O–H groups in total. The van der Waals surface area contributed by atoms with Gasteiger partial charge in [-0.2, -0.15) is 5.10 Å². The van der Waals surface area contributed by atoms with Crippen molar-refractivity contribution in [3.63, 3.8) is 0 Å². The molecule has 4 nitrogen and oxygen atoms in total. The van der Waals surface area contributed by atoms with Crippen molar-refractivity contribution in [2.75, 3.05) is 0 Å². The van der Waals surface area contributed by atoms with Gasteiger partial charge in [0.25, 0.3) is 0 Å². The second kappa shape index (κ2) is 4.82. The van der Waals surface area contributed by atoms with Crippen LogP contribution in [0.25, 0.3) is 0 Å². The summed E-state index contributed by atoms with van der Waals surface area (Å²) in [5.74, 6) is -1.13. The molecule has 2 rings (SSSR count). The second-order valence-electron chi connectivity index (χ2n) is 3.94. The van der Waals surface area contributed by atoms with Gasteiger partial charge < -0.3 is 9.90 Å². The Balaban J connectivity index is 2.11. The minimum absolute atomic E-state index is 0.702. The molecule has 17 heavy (non-hydrogen) atoms. The van der Waals surface area contributed by atoms with Gasteiger partial charge in [-0.05, 0) is 18.6 Å². The fourth-order valence-corrected chi connectivity index (χ4v) is 1.60. The van der Waals surface area contributed by atoms with Crippen LogP contribution in [-0.4, -0.2) is 15.7 Å². The molecule has 0 aliphatic heterocycles. The highest BCUT2D eigenvalue weighted by Gasteiger charge is 2.07. The summed E-state index contributed by atoms with van der Waals surface area (Å²) >= 11 is 0. The average Bonchev–Trinajstić information content (AvgIpc) is 2.77. The molecule has 0 saturated carbocycles. The standard InChI is InChI=1S/C13H14N2O2/c1-10(13(16)17)15-8-7-12(14-15)9-11-5-3-2-4-6-11/h2-8,10H,9H2,1H3,(H,16,17)/p-1. The van der Waals surface area contributed by atoms with Crippen LogP contribution in [0.15, 0.2) is 42.6 Å². The van der Waals surface area contributed by atoms with Crippen LogP contribution in [-0.2, 0) is 11.2 Å². The Morgan fingerprint density at radius 1 is 1.35 bits per heavy atom. The van der Waals surface area contributed by atoms with E-state index in [2.05, 4.69) is 5.10 Å². The van der Waals surface area contributed by atoms with Crippen LogP contribution in [0.2, 0.25) is 0 Å². The van der Waals surface area contributed by atoms with Gasteiger partial charge in [-0.3, -0.25) is 4.68 Å². The van der Waals surface area contributed by atoms with Crippen LogP contribution in [0.4, 0.5) is 0 Å². The summed E-state index contributed by atoms with van der Waals surface area (Å²) in [6, 6.07) is 11.0. The number of hydrogen-bond donors (Lipinski definition) is 0. The number of aromatic nitrogens is 2.